The molecule has 0 radical (unpaired) electrons. The third-order valence-corrected chi connectivity index (χ3v) is 2.66. The topological polar surface area (TPSA) is 90.6 Å². The van der Waals surface area contributed by atoms with Crippen LogP contribution in [-0.4, -0.2) is 54.1 Å². The van der Waals surface area contributed by atoms with Crippen molar-refractivity contribution in [2.24, 2.45) is 0 Å². The summed E-state index contributed by atoms with van der Waals surface area (Å²) in [5, 5.41) is 17.7. The smallest absolute Gasteiger partial charge is 0.286 e. The van der Waals surface area contributed by atoms with Crippen LogP contribution in [0.4, 0.5) is 0 Å². The highest BCUT2D eigenvalue weighted by molar-refractivity contribution is 6.23. The third-order valence-electron chi connectivity index (χ3n) is 2.66. The first kappa shape index (κ1) is 12.6. The Kier molecular flexibility index (Phi) is 4.40. The molecule has 88 valence electrons. The third kappa shape index (κ3) is 2.78. The summed E-state index contributed by atoms with van der Waals surface area (Å²) in [5.41, 5.74) is -0.928. The van der Waals surface area contributed by atoms with Gasteiger partial charge in [0.1, 0.15) is 0 Å². The lowest BCUT2D eigenvalue weighted by Crippen LogP contribution is -2.48. The Labute approximate surface area is 93.4 Å². The number of ether oxygens (including phenoxy) is 1. The standard InChI is InChI=1S/C10H14N2O4/c11-8-10(16-6-5-13)1-3-12(4-2-10)9(15)7-14/h7,13H,1-6H2. The van der Waals surface area contributed by atoms with Gasteiger partial charge in [0.15, 0.2) is 5.60 Å². The zero-order valence-corrected chi connectivity index (χ0v) is 8.89. The van der Waals surface area contributed by atoms with Crippen LogP contribution in [-0.2, 0) is 14.3 Å². The molecule has 0 aromatic rings. The maximum absolute atomic E-state index is 11.1. The Hall–Kier alpha value is -1.45. The molecule has 1 rings (SSSR count). The average Bonchev–Trinajstić information content (AvgIpc) is 2.36. The molecular formula is C10H14N2O4. The molecule has 16 heavy (non-hydrogen) atoms. The van der Waals surface area contributed by atoms with E-state index in [1.54, 1.807) is 0 Å². The number of nitrogens with zero attached hydrogens (tertiary/aromatic N) is 2. The molecule has 1 amide bonds. The molecule has 0 saturated carbocycles. The lowest BCUT2D eigenvalue weighted by molar-refractivity contribution is -0.142. The summed E-state index contributed by atoms with van der Waals surface area (Å²) < 4.78 is 5.29. The van der Waals surface area contributed by atoms with Crippen LogP contribution in [0.25, 0.3) is 0 Å². The van der Waals surface area contributed by atoms with Crippen LogP contribution in [0.2, 0.25) is 0 Å². The van der Waals surface area contributed by atoms with E-state index in [4.69, 9.17) is 15.1 Å². The van der Waals surface area contributed by atoms with Gasteiger partial charge >= 0.3 is 0 Å². The summed E-state index contributed by atoms with van der Waals surface area (Å²) in [6, 6.07) is 2.07. The number of likely N-dealkylation sites (tertiary alicyclic amines) is 1. The van der Waals surface area contributed by atoms with E-state index in [-0.39, 0.29) is 19.5 Å². The molecular weight excluding hydrogens is 212 g/mol. The van der Waals surface area contributed by atoms with Crippen molar-refractivity contribution in [1.29, 1.82) is 5.26 Å². The highest BCUT2D eigenvalue weighted by atomic mass is 16.5. The number of aliphatic hydroxyl groups is 1. The van der Waals surface area contributed by atoms with E-state index in [0.29, 0.717) is 25.9 Å². The Morgan fingerprint density at radius 2 is 2.19 bits per heavy atom. The molecule has 1 heterocycles. The summed E-state index contributed by atoms with van der Waals surface area (Å²) in [7, 11) is 0. The van der Waals surface area contributed by atoms with Crippen molar-refractivity contribution in [2.75, 3.05) is 26.3 Å². The first-order valence-corrected chi connectivity index (χ1v) is 5.07. The predicted octanol–water partition coefficient (Wildman–Crippen LogP) is -0.921. The molecule has 6 nitrogen and oxygen atoms in total. The molecule has 0 bridgehead atoms. The van der Waals surface area contributed by atoms with Crippen molar-refractivity contribution >= 4 is 12.2 Å². The zero-order valence-electron chi connectivity index (χ0n) is 8.89. The Morgan fingerprint density at radius 1 is 1.56 bits per heavy atom. The number of hydrogen-bond acceptors (Lipinski definition) is 5. The monoisotopic (exact) mass is 226 g/mol. The maximum atomic E-state index is 11.1. The van der Waals surface area contributed by atoms with Crippen LogP contribution in [0, 0.1) is 11.3 Å². The van der Waals surface area contributed by atoms with Crippen LogP contribution in [0.15, 0.2) is 0 Å². The Bertz CT molecular complexity index is 302. The molecule has 0 unspecified atom stereocenters. The predicted molar refractivity (Wildman–Crippen MR) is 53.3 cm³/mol. The number of carbonyl (C=O) groups excluding carboxylic acids is 2. The molecule has 0 atom stereocenters. The molecule has 0 aliphatic carbocycles. The van der Waals surface area contributed by atoms with Crippen LogP contribution in [0.5, 0.6) is 0 Å². The molecule has 6 heteroatoms. The van der Waals surface area contributed by atoms with Crippen LogP contribution >= 0.6 is 0 Å². The molecule has 1 aliphatic heterocycles. The molecule has 1 fully saturated rings. The number of amides is 1. The SMILES string of the molecule is N#CC1(OCCO)CCN(C(=O)C=O)CC1. The van der Waals surface area contributed by atoms with Gasteiger partial charge < -0.3 is 14.7 Å². The summed E-state index contributed by atoms with van der Waals surface area (Å²) in [6.07, 6.45) is 1.00. The van der Waals surface area contributed by atoms with Crippen molar-refractivity contribution in [2.45, 2.75) is 18.4 Å². The van der Waals surface area contributed by atoms with Crippen molar-refractivity contribution < 1.29 is 19.4 Å². The Balaban J connectivity index is 2.54. The Morgan fingerprint density at radius 3 is 2.62 bits per heavy atom. The second-order valence-electron chi connectivity index (χ2n) is 3.62. The normalized spacial score (nSPS) is 18.9. The quantitative estimate of drug-likeness (QED) is 0.494. The minimum atomic E-state index is -0.928. The average molecular weight is 226 g/mol. The number of hydrogen-bond donors (Lipinski definition) is 1. The molecule has 1 N–H and O–H groups in total. The van der Waals surface area contributed by atoms with Gasteiger partial charge in [-0.1, -0.05) is 0 Å². The van der Waals surface area contributed by atoms with Gasteiger partial charge in [-0.3, -0.25) is 9.59 Å². The van der Waals surface area contributed by atoms with E-state index >= 15 is 0 Å². The fourth-order valence-corrected chi connectivity index (χ4v) is 1.69. The van der Waals surface area contributed by atoms with Gasteiger partial charge in [0.2, 0.25) is 6.29 Å². The van der Waals surface area contributed by atoms with Crippen LogP contribution in [0.1, 0.15) is 12.8 Å². The molecule has 1 aliphatic rings. The number of rotatable bonds is 4. The van der Waals surface area contributed by atoms with Gasteiger partial charge in [0, 0.05) is 25.9 Å². The van der Waals surface area contributed by atoms with Crippen LogP contribution < -0.4 is 0 Å². The van der Waals surface area contributed by atoms with E-state index in [1.807, 2.05) is 0 Å². The van der Waals surface area contributed by atoms with E-state index in [2.05, 4.69) is 6.07 Å². The number of piperidine rings is 1. The fraction of sp³-hybridized carbons (Fsp3) is 0.700. The summed E-state index contributed by atoms with van der Waals surface area (Å²) >= 11 is 0. The van der Waals surface area contributed by atoms with Gasteiger partial charge in [-0.2, -0.15) is 5.26 Å². The lowest BCUT2D eigenvalue weighted by Gasteiger charge is -2.36. The van der Waals surface area contributed by atoms with Gasteiger partial charge in [-0.25, -0.2) is 0 Å². The van der Waals surface area contributed by atoms with Gasteiger partial charge in [0.05, 0.1) is 19.3 Å². The fourth-order valence-electron chi connectivity index (χ4n) is 1.69. The second kappa shape index (κ2) is 5.58. The largest absolute Gasteiger partial charge is 0.394 e. The van der Waals surface area contributed by atoms with Crippen molar-refractivity contribution in [3.05, 3.63) is 0 Å². The van der Waals surface area contributed by atoms with E-state index in [0.717, 1.165) is 0 Å². The minimum Gasteiger partial charge on any atom is -0.394 e. The second-order valence-corrected chi connectivity index (χ2v) is 3.62. The summed E-state index contributed by atoms with van der Waals surface area (Å²) in [4.78, 5) is 22.8. The summed E-state index contributed by atoms with van der Waals surface area (Å²) in [5.74, 6) is -0.561. The highest BCUT2D eigenvalue weighted by Gasteiger charge is 2.36. The molecule has 0 spiro atoms. The van der Waals surface area contributed by atoms with Crippen molar-refractivity contribution in [3.63, 3.8) is 0 Å². The number of nitriles is 1. The van der Waals surface area contributed by atoms with Crippen molar-refractivity contribution in [1.82, 2.24) is 4.90 Å². The lowest BCUT2D eigenvalue weighted by atomic mass is 9.92. The molecule has 1 saturated heterocycles. The van der Waals surface area contributed by atoms with Gasteiger partial charge in [-0.05, 0) is 0 Å². The number of aliphatic hydroxyl groups excluding tert-OH is 1. The highest BCUT2D eigenvalue weighted by Crippen LogP contribution is 2.25. The number of carbonyl (C=O) groups is 2. The van der Waals surface area contributed by atoms with E-state index in [9.17, 15) is 9.59 Å². The first-order valence-electron chi connectivity index (χ1n) is 5.07. The van der Waals surface area contributed by atoms with E-state index < -0.39 is 11.5 Å². The van der Waals surface area contributed by atoms with Gasteiger partial charge in [-0.15, -0.1) is 0 Å². The first-order chi connectivity index (χ1) is 7.67. The molecule has 0 aromatic carbocycles. The van der Waals surface area contributed by atoms with Gasteiger partial charge in [0.25, 0.3) is 5.91 Å². The zero-order chi connectivity index (χ0) is 12.0. The number of aldehydes is 1. The van der Waals surface area contributed by atoms with E-state index in [1.165, 1.54) is 4.90 Å². The minimum absolute atomic E-state index is 0.106. The maximum Gasteiger partial charge on any atom is 0.286 e. The molecule has 0 aromatic heterocycles. The summed E-state index contributed by atoms with van der Waals surface area (Å²) in [6.45, 7) is 0.628. The van der Waals surface area contributed by atoms with Crippen LogP contribution in [0.3, 0.4) is 0 Å². The van der Waals surface area contributed by atoms with Crippen molar-refractivity contribution in [3.8, 4) is 6.07 Å².